The third kappa shape index (κ3) is 8.20. The number of anilines is 1. The summed E-state index contributed by atoms with van der Waals surface area (Å²) in [6, 6.07) is 8.59. The number of pyridine rings is 1. The molecule has 154 valence electrons. The van der Waals surface area contributed by atoms with Crippen molar-refractivity contribution in [1.82, 2.24) is 9.71 Å². The van der Waals surface area contributed by atoms with Gasteiger partial charge in [-0.3, -0.25) is 9.59 Å². The van der Waals surface area contributed by atoms with E-state index in [0.717, 1.165) is 11.0 Å². The number of nitrogens with zero attached hydrogens (tertiary/aromatic N) is 1. The molecule has 0 spiro atoms. The van der Waals surface area contributed by atoms with Crippen molar-refractivity contribution in [1.29, 1.82) is 0 Å². The Kier molecular flexibility index (Phi) is 8.15. The number of rotatable bonds is 8. The maximum Gasteiger partial charge on any atom is 0.321 e. The molecule has 8 nitrogen and oxygen atoms in total. The highest BCUT2D eigenvalue weighted by atomic mass is 35.5. The first-order chi connectivity index (χ1) is 13.6. The van der Waals surface area contributed by atoms with Crippen LogP contribution >= 0.6 is 23.2 Å². The quantitative estimate of drug-likeness (QED) is 0.588. The number of benzene rings is 1. The van der Waals surface area contributed by atoms with Crippen LogP contribution in [-0.4, -0.2) is 38.4 Å². The van der Waals surface area contributed by atoms with Gasteiger partial charge in [0.05, 0.1) is 10.0 Å². The Balaban J connectivity index is 1.78. The van der Waals surface area contributed by atoms with Crippen LogP contribution in [0.25, 0.3) is 6.08 Å². The van der Waals surface area contributed by atoms with Crippen LogP contribution in [0, 0.1) is 6.92 Å². The molecule has 2 N–H and O–H groups in total. The van der Waals surface area contributed by atoms with E-state index in [1.165, 1.54) is 18.3 Å². The van der Waals surface area contributed by atoms with E-state index in [4.69, 9.17) is 27.9 Å². The molecule has 2 rings (SSSR count). The summed E-state index contributed by atoms with van der Waals surface area (Å²) in [5.41, 5.74) is 1.73. The van der Waals surface area contributed by atoms with Crippen molar-refractivity contribution >= 4 is 57.0 Å². The molecular formula is C18H17Cl2N3O5S. The van der Waals surface area contributed by atoms with Gasteiger partial charge in [0.15, 0.2) is 12.4 Å². The summed E-state index contributed by atoms with van der Waals surface area (Å²) in [7, 11) is -3.85. The molecule has 0 atom stereocenters. The van der Waals surface area contributed by atoms with E-state index in [-0.39, 0.29) is 10.8 Å². The van der Waals surface area contributed by atoms with Crippen LogP contribution in [0.4, 0.5) is 5.82 Å². The number of nitrogens with one attached hydrogen (secondary N) is 2. The molecule has 1 heterocycles. The van der Waals surface area contributed by atoms with E-state index >= 15 is 0 Å². The lowest BCUT2D eigenvalue weighted by Gasteiger charge is -2.07. The molecule has 0 aliphatic rings. The predicted molar refractivity (Wildman–Crippen MR) is 111 cm³/mol. The Morgan fingerprint density at radius 3 is 2.55 bits per heavy atom. The lowest BCUT2D eigenvalue weighted by molar-refractivity contribution is -0.146. The molecule has 0 radical (unpaired) electrons. The van der Waals surface area contributed by atoms with Crippen molar-refractivity contribution in [2.45, 2.75) is 6.92 Å². The number of hydrogen-bond acceptors (Lipinski definition) is 6. The number of aromatic nitrogens is 1. The minimum atomic E-state index is -3.85. The zero-order valence-corrected chi connectivity index (χ0v) is 17.5. The number of halogens is 2. The van der Waals surface area contributed by atoms with Gasteiger partial charge < -0.3 is 10.1 Å². The summed E-state index contributed by atoms with van der Waals surface area (Å²) in [6.45, 7) is 0.645. The Hall–Kier alpha value is -2.46. The smallest absolute Gasteiger partial charge is 0.321 e. The van der Waals surface area contributed by atoms with Crippen molar-refractivity contribution in [2.75, 3.05) is 18.5 Å². The third-order valence-electron chi connectivity index (χ3n) is 3.36. The molecule has 0 bridgehead atoms. The maximum atomic E-state index is 11.9. The molecule has 2 aromatic rings. The average Bonchev–Trinajstić information content (AvgIpc) is 2.67. The zero-order valence-electron chi connectivity index (χ0n) is 15.2. The monoisotopic (exact) mass is 457 g/mol. The van der Waals surface area contributed by atoms with E-state index in [9.17, 15) is 18.0 Å². The van der Waals surface area contributed by atoms with Crippen LogP contribution < -0.4 is 10.0 Å². The molecule has 29 heavy (non-hydrogen) atoms. The maximum absolute atomic E-state index is 11.9. The Morgan fingerprint density at radius 2 is 1.90 bits per heavy atom. The van der Waals surface area contributed by atoms with E-state index in [1.807, 2.05) is 19.1 Å². The molecule has 1 amide bonds. The van der Waals surface area contributed by atoms with Crippen LogP contribution in [0.3, 0.4) is 0 Å². The van der Waals surface area contributed by atoms with Gasteiger partial charge in [0, 0.05) is 11.6 Å². The molecule has 0 aliphatic carbocycles. The van der Waals surface area contributed by atoms with Gasteiger partial charge in [-0.2, -0.15) is 0 Å². The van der Waals surface area contributed by atoms with Crippen LogP contribution in [0.15, 0.2) is 41.9 Å². The fourth-order valence-electron chi connectivity index (χ4n) is 1.93. The van der Waals surface area contributed by atoms with Crippen molar-refractivity contribution in [3.05, 3.63) is 63.1 Å². The van der Waals surface area contributed by atoms with Gasteiger partial charge in [0.25, 0.3) is 5.91 Å². The number of esters is 1. The normalized spacial score (nSPS) is 11.4. The van der Waals surface area contributed by atoms with E-state index < -0.39 is 35.1 Å². The van der Waals surface area contributed by atoms with E-state index in [1.54, 1.807) is 12.1 Å². The predicted octanol–water partition coefficient (Wildman–Crippen LogP) is 2.77. The average molecular weight is 458 g/mol. The highest BCUT2D eigenvalue weighted by Gasteiger charge is 2.13. The summed E-state index contributed by atoms with van der Waals surface area (Å²) in [4.78, 5) is 27.3. The number of carbonyl (C=O) groups excluding carboxylic acids is 2. The van der Waals surface area contributed by atoms with Gasteiger partial charge in [-0.1, -0.05) is 53.0 Å². The molecule has 0 aliphatic heterocycles. The molecule has 0 fully saturated rings. The number of sulfonamides is 1. The summed E-state index contributed by atoms with van der Waals surface area (Å²) in [6.07, 6.45) is 2.68. The van der Waals surface area contributed by atoms with Crippen molar-refractivity contribution < 1.29 is 22.7 Å². The fraction of sp³-hybridized carbons (Fsp3) is 0.167. The molecule has 11 heteroatoms. The second-order valence-corrected chi connectivity index (χ2v) is 8.27. The second-order valence-electron chi connectivity index (χ2n) is 5.77. The standard InChI is InChI=1S/C18H17Cl2N3O5S/c1-12-2-4-13(5-3-12)6-7-29(26,27)22-10-17(25)28-11-16(24)23-18-15(20)8-14(19)9-21-18/h2-9,22H,10-11H2,1H3,(H,21,23,24). The molecule has 0 saturated carbocycles. The molecule has 1 aromatic heterocycles. The SMILES string of the molecule is Cc1ccc(C=CS(=O)(=O)NCC(=O)OCC(=O)Nc2ncc(Cl)cc2Cl)cc1. The zero-order chi connectivity index (χ0) is 21.4. The molecule has 0 saturated heterocycles. The van der Waals surface area contributed by atoms with Gasteiger partial charge >= 0.3 is 5.97 Å². The number of aryl methyl sites for hydroxylation is 1. The highest BCUT2D eigenvalue weighted by Crippen LogP contribution is 2.22. The number of carbonyl (C=O) groups is 2. The van der Waals surface area contributed by atoms with E-state index in [0.29, 0.717) is 10.6 Å². The Morgan fingerprint density at radius 1 is 1.21 bits per heavy atom. The van der Waals surface area contributed by atoms with Crippen molar-refractivity contribution in [3.63, 3.8) is 0 Å². The third-order valence-corrected chi connectivity index (χ3v) is 4.90. The summed E-state index contributed by atoms with van der Waals surface area (Å²) in [5.74, 6) is -1.57. The lowest BCUT2D eigenvalue weighted by atomic mass is 10.2. The second kappa shape index (κ2) is 10.4. The van der Waals surface area contributed by atoms with Crippen LogP contribution in [0.2, 0.25) is 10.0 Å². The minimum absolute atomic E-state index is 0.0547. The Bertz CT molecular complexity index is 1020. The first kappa shape index (κ1) is 22.8. The topological polar surface area (TPSA) is 114 Å². The summed E-state index contributed by atoms with van der Waals surface area (Å²) in [5, 5.41) is 3.69. The van der Waals surface area contributed by atoms with Crippen LogP contribution in [0.5, 0.6) is 0 Å². The van der Waals surface area contributed by atoms with Crippen molar-refractivity contribution in [2.24, 2.45) is 0 Å². The number of ether oxygens (including phenoxy) is 1. The van der Waals surface area contributed by atoms with Gasteiger partial charge in [-0.15, -0.1) is 0 Å². The summed E-state index contributed by atoms with van der Waals surface area (Å²) < 4.78 is 30.6. The van der Waals surface area contributed by atoms with Gasteiger partial charge in [0.1, 0.15) is 6.54 Å². The lowest BCUT2D eigenvalue weighted by Crippen LogP contribution is -2.31. The van der Waals surface area contributed by atoms with Gasteiger partial charge in [-0.25, -0.2) is 18.1 Å². The Labute approximate surface area is 177 Å². The fourth-order valence-corrected chi connectivity index (χ4v) is 3.10. The first-order valence-corrected chi connectivity index (χ1v) is 10.5. The first-order valence-electron chi connectivity index (χ1n) is 8.15. The largest absolute Gasteiger partial charge is 0.455 e. The summed E-state index contributed by atoms with van der Waals surface area (Å²) >= 11 is 11.6. The molecule has 0 unspecified atom stereocenters. The molecule has 1 aromatic carbocycles. The number of amides is 1. The minimum Gasteiger partial charge on any atom is -0.455 e. The highest BCUT2D eigenvalue weighted by molar-refractivity contribution is 7.92. The van der Waals surface area contributed by atoms with Crippen LogP contribution in [-0.2, 0) is 24.3 Å². The van der Waals surface area contributed by atoms with E-state index in [2.05, 4.69) is 15.0 Å². The number of hydrogen-bond donors (Lipinski definition) is 2. The molecular weight excluding hydrogens is 441 g/mol. The van der Waals surface area contributed by atoms with Crippen LogP contribution in [0.1, 0.15) is 11.1 Å². The van der Waals surface area contributed by atoms with Gasteiger partial charge in [-0.05, 0) is 24.6 Å². The van der Waals surface area contributed by atoms with Gasteiger partial charge in [0.2, 0.25) is 10.0 Å². The van der Waals surface area contributed by atoms with Crippen molar-refractivity contribution in [3.8, 4) is 0 Å².